The van der Waals surface area contributed by atoms with Crippen molar-refractivity contribution in [2.45, 2.75) is 6.92 Å². The molecule has 1 aromatic heterocycles. The number of non-ortho nitro benzene ring substituents is 1. The molecule has 2 aromatic carbocycles. The Bertz CT molecular complexity index is 1200. The standard InChI is InChI=1S/C22H14N2O6/c1-13-10-17(29-22(26)15-6-8-23-9-7-15)12-18-20(13)21(25)19(30-18)11-14-2-4-16(5-3-14)24(27)28/h2-12H,1H3/b19-11-. The number of Topliss-reactive ketones (excluding diaryl/α,β-unsaturated/α-hetero) is 1. The summed E-state index contributed by atoms with van der Waals surface area (Å²) in [6, 6.07) is 11.9. The average molecular weight is 402 g/mol. The van der Waals surface area contributed by atoms with Crippen LogP contribution in [0, 0.1) is 17.0 Å². The van der Waals surface area contributed by atoms with Crippen LogP contribution >= 0.6 is 0 Å². The van der Waals surface area contributed by atoms with Gasteiger partial charge in [0.15, 0.2) is 5.76 Å². The smallest absolute Gasteiger partial charge is 0.343 e. The minimum Gasteiger partial charge on any atom is -0.452 e. The van der Waals surface area contributed by atoms with Crippen molar-refractivity contribution in [2.24, 2.45) is 0 Å². The summed E-state index contributed by atoms with van der Waals surface area (Å²) in [4.78, 5) is 39.1. The van der Waals surface area contributed by atoms with Crippen LogP contribution in [0.1, 0.15) is 31.8 Å². The summed E-state index contributed by atoms with van der Waals surface area (Å²) in [6.07, 6.45) is 4.48. The van der Waals surface area contributed by atoms with E-state index in [1.807, 2.05) is 0 Å². The minimum absolute atomic E-state index is 0.0457. The van der Waals surface area contributed by atoms with Gasteiger partial charge in [-0.25, -0.2) is 4.79 Å². The number of ether oxygens (including phenoxy) is 2. The molecular weight excluding hydrogens is 388 g/mol. The number of nitro groups is 1. The highest BCUT2D eigenvalue weighted by molar-refractivity contribution is 6.15. The van der Waals surface area contributed by atoms with Crippen molar-refractivity contribution in [3.05, 3.63) is 99.1 Å². The zero-order valence-corrected chi connectivity index (χ0v) is 15.7. The number of carbonyl (C=O) groups is 2. The van der Waals surface area contributed by atoms with Gasteiger partial charge in [0, 0.05) is 30.6 Å². The van der Waals surface area contributed by atoms with E-state index >= 15 is 0 Å². The van der Waals surface area contributed by atoms with Gasteiger partial charge in [-0.2, -0.15) is 0 Å². The summed E-state index contributed by atoms with van der Waals surface area (Å²) in [7, 11) is 0. The van der Waals surface area contributed by atoms with Crippen LogP contribution in [0.15, 0.2) is 66.7 Å². The van der Waals surface area contributed by atoms with E-state index in [0.717, 1.165) is 0 Å². The molecule has 4 rings (SSSR count). The number of allylic oxidation sites excluding steroid dienone is 1. The molecule has 1 aliphatic heterocycles. The number of carbonyl (C=O) groups excluding carboxylic acids is 2. The minimum atomic E-state index is -0.553. The number of hydrogen-bond acceptors (Lipinski definition) is 7. The molecule has 30 heavy (non-hydrogen) atoms. The molecule has 0 saturated heterocycles. The van der Waals surface area contributed by atoms with Gasteiger partial charge >= 0.3 is 5.97 Å². The Morgan fingerprint density at radius 2 is 1.83 bits per heavy atom. The topological polar surface area (TPSA) is 109 Å². The van der Waals surface area contributed by atoms with Crippen molar-refractivity contribution < 1.29 is 24.0 Å². The third kappa shape index (κ3) is 3.66. The number of pyridine rings is 1. The van der Waals surface area contributed by atoms with Gasteiger partial charge in [0.1, 0.15) is 11.5 Å². The SMILES string of the molecule is Cc1cc(OC(=O)c2ccncc2)cc2c1C(=O)/C(=C/c1ccc([N+](=O)[O-])cc1)O2. The van der Waals surface area contributed by atoms with Crippen LogP contribution < -0.4 is 9.47 Å². The highest BCUT2D eigenvalue weighted by Crippen LogP contribution is 2.37. The first kappa shape index (κ1) is 19.0. The average Bonchev–Trinajstić information content (AvgIpc) is 3.04. The molecule has 148 valence electrons. The Morgan fingerprint density at radius 3 is 2.50 bits per heavy atom. The van der Waals surface area contributed by atoms with Crippen molar-refractivity contribution in [1.82, 2.24) is 4.98 Å². The van der Waals surface area contributed by atoms with Crippen LogP contribution in [-0.4, -0.2) is 21.7 Å². The highest BCUT2D eigenvalue weighted by atomic mass is 16.6. The lowest BCUT2D eigenvalue weighted by Gasteiger charge is -2.07. The van der Waals surface area contributed by atoms with Gasteiger partial charge in [0.05, 0.1) is 16.1 Å². The van der Waals surface area contributed by atoms with Gasteiger partial charge in [-0.3, -0.25) is 19.9 Å². The molecule has 0 aliphatic carbocycles. The number of aryl methyl sites for hydroxylation is 1. The summed E-state index contributed by atoms with van der Waals surface area (Å²) in [5, 5.41) is 10.8. The largest absolute Gasteiger partial charge is 0.452 e. The molecule has 0 bridgehead atoms. The molecule has 3 aromatic rings. The van der Waals surface area contributed by atoms with E-state index < -0.39 is 10.9 Å². The molecule has 0 N–H and O–H groups in total. The first-order chi connectivity index (χ1) is 14.4. The number of esters is 1. The predicted molar refractivity (Wildman–Crippen MR) is 106 cm³/mol. The lowest BCUT2D eigenvalue weighted by molar-refractivity contribution is -0.384. The Kier molecular flexibility index (Phi) is 4.81. The molecule has 8 heteroatoms. The Labute approximate surface area is 170 Å². The molecule has 8 nitrogen and oxygen atoms in total. The van der Waals surface area contributed by atoms with Crippen molar-refractivity contribution in [3.63, 3.8) is 0 Å². The molecule has 0 spiro atoms. The number of hydrogen-bond donors (Lipinski definition) is 0. The lowest BCUT2D eigenvalue weighted by atomic mass is 10.0. The maximum atomic E-state index is 12.7. The molecule has 0 saturated carbocycles. The normalized spacial score (nSPS) is 13.6. The molecule has 1 aliphatic rings. The van der Waals surface area contributed by atoms with E-state index in [0.29, 0.717) is 22.3 Å². The summed E-state index contributed by atoms with van der Waals surface area (Å²) in [5.41, 5.74) is 1.86. The van der Waals surface area contributed by atoms with E-state index in [2.05, 4.69) is 4.98 Å². The Hall–Kier alpha value is -4.33. The van der Waals surface area contributed by atoms with E-state index in [9.17, 15) is 19.7 Å². The van der Waals surface area contributed by atoms with Crippen LogP contribution in [0.2, 0.25) is 0 Å². The monoisotopic (exact) mass is 402 g/mol. The van der Waals surface area contributed by atoms with Crippen molar-refractivity contribution in [1.29, 1.82) is 0 Å². The van der Waals surface area contributed by atoms with E-state index in [-0.39, 0.29) is 28.7 Å². The maximum Gasteiger partial charge on any atom is 0.343 e. The first-order valence-corrected chi connectivity index (χ1v) is 8.88. The van der Waals surface area contributed by atoms with E-state index in [1.165, 1.54) is 60.9 Å². The number of benzene rings is 2. The third-order valence-electron chi connectivity index (χ3n) is 4.47. The van der Waals surface area contributed by atoms with Crippen molar-refractivity contribution in [3.8, 4) is 11.5 Å². The number of ketones is 1. The Morgan fingerprint density at radius 1 is 1.13 bits per heavy atom. The van der Waals surface area contributed by atoms with Gasteiger partial charge < -0.3 is 9.47 Å². The Balaban J connectivity index is 1.59. The second kappa shape index (κ2) is 7.59. The fourth-order valence-electron chi connectivity index (χ4n) is 3.03. The summed E-state index contributed by atoms with van der Waals surface area (Å²) >= 11 is 0. The van der Waals surface area contributed by atoms with Crippen LogP contribution in [0.5, 0.6) is 11.5 Å². The summed E-state index contributed by atoms with van der Waals surface area (Å²) < 4.78 is 11.1. The molecular formula is C22H14N2O6. The van der Waals surface area contributed by atoms with E-state index in [4.69, 9.17) is 9.47 Å². The fraction of sp³-hybridized carbons (Fsp3) is 0.0455. The molecule has 2 heterocycles. The van der Waals surface area contributed by atoms with Crippen molar-refractivity contribution in [2.75, 3.05) is 0 Å². The number of nitrogens with zero attached hydrogens (tertiary/aromatic N) is 2. The number of nitro benzene ring substituents is 1. The second-order valence-corrected chi connectivity index (χ2v) is 6.53. The summed E-state index contributed by atoms with van der Waals surface area (Å²) in [6.45, 7) is 1.72. The maximum absolute atomic E-state index is 12.7. The van der Waals surface area contributed by atoms with Crippen LogP contribution in [0.25, 0.3) is 6.08 Å². The van der Waals surface area contributed by atoms with Gasteiger partial charge in [0.25, 0.3) is 5.69 Å². The van der Waals surface area contributed by atoms with Crippen LogP contribution in [0.3, 0.4) is 0 Å². The van der Waals surface area contributed by atoms with Gasteiger partial charge in [-0.15, -0.1) is 0 Å². The third-order valence-corrected chi connectivity index (χ3v) is 4.47. The molecule has 0 amide bonds. The van der Waals surface area contributed by atoms with Crippen LogP contribution in [-0.2, 0) is 0 Å². The first-order valence-electron chi connectivity index (χ1n) is 8.88. The number of fused-ring (bicyclic) bond motifs is 1. The number of aromatic nitrogens is 1. The predicted octanol–water partition coefficient (Wildman–Crippen LogP) is 4.13. The van der Waals surface area contributed by atoms with Gasteiger partial charge in [-0.1, -0.05) is 0 Å². The second-order valence-electron chi connectivity index (χ2n) is 6.53. The number of rotatable bonds is 4. The van der Waals surface area contributed by atoms with E-state index in [1.54, 1.807) is 13.0 Å². The van der Waals surface area contributed by atoms with Gasteiger partial charge in [-0.05, 0) is 54.5 Å². The molecule has 0 fully saturated rings. The quantitative estimate of drug-likeness (QED) is 0.212. The van der Waals surface area contributed by atoms with Gasteiger partial charge in [0.2, 0.25) is 5.78 Å². The molecule has 0 atom stereocenters. The summed E-state index contributed by atoms with van der Waals surface area (Å²) in [5.74, 6) is -0.252. The zero-order chi connectivity index (χ0) is 21.3. The molecule has 0 radical (unpaired) electrons. The molecule has 0 unspecified atom stereocenters. The lowest BCUT2D eigenvalue weighted by Crippen LogP contribution is -2.08. The van der Waals surface area contributed by atoms with Crippen molar-refractivity contribution >= 4 is 23.5 Å². The van der Waals surface area contributed by atoms with Crippen LogP contribution in [0.4, 0.5) is 5.69 Å². The highest BCUT2D eigenvalue weighted by Gasteiger charge is 2.30. The fourth-order valence-corrected chi connectivity index (χ4v) is 3.03. The zero-order valence-electron chi connectivity index (χ0n) is 15.7.